The molecule has 0 atom stereocenters. The molecule has 2 aromatic heterocycles. The molecule has 0 N–H and O–H groups in total. The van der Waals surface area contributed by atoms with Crippen LogP contribution in [0.15, 0.2) is 70.4 Å². The SMILES string of the molecule is Cc1cccc2c1CN=C(c1occ3cccc(C)c13)c1cccn1-2. The van der Waals surface area contributed by atoms with Gasteiger partial charge in [0.15, 0.2) is 5.76 Å². The third kappa shape index (κ3) is 2.02. The van der Waals surface area contributed by atoms with Crippen LogP contribution in [0.4, 0.5) is 0 Å². The second-order valence-electron chi connectivity index (χ2n) is 6.60. The fourth-order valence-electron chi connectivity index (χ4n) is 3.78. The van der Waals surface area contributed by atoms with Gasteiger partial charge in [0.05, 0.1) is 24.2 Å². The summed E-state index contributed by atoms with van der Waals surface area (Å²) in [6.07, 6.45) is 3.93. The average molecular weight is 326 g/mol. The third-order valence-corrected chi connectivity index (χ3v) is 5.08. The van der Waals surface area contributed by atoms with E-state index in [1.165, 1.54) is 22.4 Å². The van der Waals surface area contributed by atoms with Gasteiger partial charge in [-0.15, -0.1) is 0 Å². The fourth-order valence-corrected chi connectivity index (χ4v) is 3.78. The summed E-state index contributed by atoms with van der Waals surface area (Å²) in [5.41, 5.74) is 6.94. The number of hydrogen-bond donors (Lipinski definition) is 0. The Morgan fingerprint density at radius 2 is 1.80 bits per heavy atom. The molecular weight excluding hydrogens is 308 g/mol. The number of aryl methyl sites for hydroxylation is 2. The zero-order valence-electron chi connectivity index (χ0n) is 14.3. The van der Waals surface area contributed by atoms with Gasteiger partial charge in [0.2, 0.25) is 0 Å². The second kappa shape index (κ2) is 5.21. The van der Waals surface area contributed by atoms with Gasteiger partial charge in [-0.3, -0.25) is 4.99 Å². The van der Waals surface area contributed by atoms with Crippen LogP contribution in [0.2, 0.25) is 0 Å². The third-order valence-electron chi connectivity index (χ3n) is 5.08. The molecule has 122 valence electrons. The zero-order valence-corrected chi connectivity index (χ0v) is 14.3. The number of aliphatic imine (C=N–C) groups is 1. The van der Waals surface area contributed by atoms with Crippen LogP contribution in [0.3, 0.4) is 0 Å². The summed E-state index contributed by atoms with van der Waals surface area (Å²) in [5, 5.41) is 2.27. The lowest BCUT2D eigenvalue weighted by Gasteiger charge is -2.12. The molecule has 0 radical (unpaired) electrons. The quantitative estimate of drug-likeness (QED) is 0.473. The van der Waals surface area contributed by atoms with Gasteiger partial charge < -0.3 is 8.98 Å². The van der Waals surface area contributed by atoms with Gasteiger partial charge in [-0.05, 0) is 43.2 Å². The maximum absolute atomic E-state index is 6.00. The summed E-state index contributed by atoms with van der Waals surface area (Å²) in [5.74, 6) is 0.860. The van der Waals surface area contributed by atoms with Gasteiger partial charge in [-0.1, -0.05) is 30.3 Å². The van der Waals surface area contributed by atoms with Gasteiger partial charge in [-0.2, -0.15) is 0 Å². The Hall–Kier alpha value is -3.07. The fraction of sp³-hybridized carbons (Fsp3) is 0.136. The number of rotatable bonds is 1. The Balaban J connectivity index is 1.80. The van der Waals surface area contributed by atoms with Crippen molar-refractivity contribution in [1.29, 1.82) is 0 Å². The number of benzene rings is 2. The second-order valence-corrected chi connectivity index (χ2v) is 6.60. The van der Waals surface area contributed by atoms with Crippen LogP contribution in [-0.4, -0.2) is 10.3 Å². The molecule has 1 aliphatic rings. The largest absolute Gasteiger partial charge is 0.461 e. The van der Waals surface area contributed by atoms with Crippen molar-refractivity contribution in [3.8, 4) is 5.69 Å². The van der Waals surface area contributed by atoms with E-state index in [1.54, 1.807) is 0 Å². The first-order valence-electron chi connectivity index (χ1n) is 8.52. The van der Waals surface area contributed by atoms with Crippen LogP contribution in [0.5, 0.6) is 0 Å². The molecule has 0 aliphatic carbocycles. The standard InChI is InChI=1S/C22H18N2O/c1-14-6-4-9-18-17(14)12-23-21(19-10-5-11-24(18)19)22-20-15(2)7-3-8-16(20)13-25-22/h3-11,13H,12H2,1-2H3. The number of furan rings is 1. The molecule has 0 bridgehead atoms. The van der Waals surface area contributed by atoms with E-state index in [9.17, 15) is 0 Å². The number of nitrogens with zero attached hydrogens (tertiary/aromatic N) is 2. The molecule has 2 aromatic carbocycles. The van der Waals surface area contributed by atoms with E-state index in [-0.39, 0.29) is 0 Å². The van der Waals surface area contributed by atoms with Crippen molar-refractivity contribution in [3.05, 3.63) is 89.1 Å². The van der Waals surface area contributed by atoms with Crippen LogP contribution in [0, 0.1) is 13.8 Å². The van der Waals surface area contributed by atoms with Gasteiger partial charge in [0.25, 0.3) is 0 Å². The summed E-state index contributed by atoms with van der Waals surface area (Å²) in [7, 11) is 0. The number of aromatic nitrogens is 1. The Labute approximate surface area is 146 Å². The van der Waals surface area contributed by atoms with Crippen molar-refractivity contribution in [2.45, 2.75) is 20.4 Å². The molecule has 0 fully saturated rings. The normalized spacial score (nSPS) is 13.3. The summed E-state index contributed by atoms with van der Waals surface area (Å²) in [6.45, 7) is 4.93. The molecule has 3 heteroatoms. The lowest BCUT2D eigenvalue weighted by atomic mass is 10.0. The van der Waals surface area contributed by atoms with E-state index < -0.39 is 0 Å². The van der Waals surface area contributed by atoms with Gasteiger partial charge >= 0.3 is 0 Å². The summed E-state index contributed by atoms with van der Waals surface area (Å²) >= 11 is 0. The van der Waals surface area contributed by atoms with E-state index in [2.05, 4.69) is 73.1 Å². The Morgan fingerprint density at radius 1 is 0.960 bits per heavy atom. The van der Waals surface area contributed by atoms with Crippen LogP contribution >= 0.6 is 0 Å². The topological polar surface area (TPSA) is 30.4 Å². The van der Waals surface area contributed by atoms with Crippen molar-refractivity contribution in [2.75, 3.05) is 0 Å². The monoisotopic (exact) mass is 326 g/mol. The molecule has 3 nitrogen and oxygen atoms in total. The van der Waals surface area contributed by atoms with E-state index in [0.29, 0.717) is 6.54 Å². The molecule has 0 spiro atoms. The zero-order chi connectivity index (χ0) is 17.0. The molecule has 0 unspecified atom stereocenters. The predicted molar refractivity (Wildman–Crippen MR) is 101 cm³/mol. The van der Waals surface area contributed by atoms with E-state index >= 15 is 0 Å². The van der Waals surface area contributed by atoms with E-state index in [0.717, 1.165) is 27.9 Å². The van der Waals surface area contributed by atoms with Crippen LogP contribution in [0.1, 0.15) is 28.1 Å². The van der Waals surface area contributed by atoms with Crippen LogP contribution in [-0.2, 0) is 6.54 Å². The lowest BCUT2D eigenvalue weighted by Crippen LogP contribution is -2.08. The van der Waals surface area contributed by atoms with Gasteiger partial charge in [-0.25, -0.2) is 0 Å². The van der Waals surface area contributed by atoms with Gasteiger partial charge in [0.1, 0.15) is 5.71 Å². The molecule has 0 saturated heterocycles. The predicted octanol–water partition coefficient (Wildman–Crippen LogP) is 5.19. The van der Waals surface area contributed by atoms with Gasteiger partial charge in [0, 0.05) is 22.5 Å². The smallest absolute Gasteiger partial charge is 0.162 e. The van der Waals surface area contributed by atoms with E-state index in [4.69, 9.17) is 9.41 Å². The van der Waals surface area contributed by atoms with Crippen LogP contribution in [0.25, 0.3) is 16.5 Å². The molecular formula is C22H18N2O. The molecule has 3 heterocycles. The number of hydrogen-bond acceptors (Lipinski definition) is 2. The highest BCUT2D eigenvalue weighted by molar-refractivity contribution is 6.18. The first-order valence-corrected chi connectivity index (χ1v) is 8.52. The number of fused-ring (bicyclic) bond motifs is 4. The minimum absolute atomic E-state index is 0.660. The maximum Gasteiger partial charge on any atom is 0.162 e. The Kier molecular flexibility index (Phi) is 2.98. The summed E-state index contributed by atoms with van der Waals surface area (Å²) in [4.78, 5) is 4.97. The summed E-state index contributed by atoms with van der Waals surface area (Å²) in [6, 6.07) is 16.9. The van der Waals surface area contributed by atoms with Crippen molar-refractivity contribution >= 4 is 16.5 Å². The summed E-state index contributed by atoms with van der Waals surface area (Å²) < 4.78 is 8.23. The van der Waals surface area contributed by atoms with Crippen molar-refractivity contribution < 1.29 is 4.42 Å². The van der Waals surface area contributed by atoms with Crippen molar-refractivity contribution in [2.24, 2.45) is 4.99 Å². The van der Waals surface area contributed by atoms with Crippen molar-refractivity contribution in [3.63, 3.8) is 0 Å². The van der Waals surface area contributed by atoms with E-state index in [1.807, 2.05) is 6.26 Å². The first kappa shape index (κ1) is 14.3. The highest BCUT2D eigenvalue weighted by Gasteiger charge is 2.23. The minimum atomic E-state index is 0.660. The average Bonchev–Trinajstić information content (AvgIpc) is 3.22. The van der Waals surface area contributed by atoms with Crippen molar-refractivity contribution in [1.82, 2.24) is 4.57 Å². The highest BCUT2D eigenvalue weighted by Crippen LogP contribution is 2.31. The van der Waals surface area contributed by atoms with Crippen LogP contribution < -0.4 is 0 Å². The molecule has 1 aliphatic heterocycles. The first-order chi connectivity index (χ1) is 12.2. The Morgan fingerprint density at radius 3 is 2.72 bits per heavy atom. The Bertz CT molecular complexity index is 1140. The minimum Gasteiger partial charge on any atom is -0.461 e. The highest BCUT2D eigenvalue weighted by atomic mass is 16.3. The molecule has 0 saturated carbocycles. The molecule has 0 amide bonds. The maximum atomic E-state index is 6.00. The molecule has 25 heavy (non-hydrogen) atoms. The molecule has 5 rings (SSSR count). The molecule has 4 aromatic rings. The lowest BCUT2D eigenvalue weighted by molar-refractivity contribution is 0.562.